The van der Waals surface area contributed by atoms with Gasteiger partial charge in [-0.25, -0.2) is 9.59 Å². The van der Waals surface area contributed by atoms with Crippen LogP contribution in [0.25, 0.3) is 10.9 Å². The van der Waals surface area contributed by atoms with Crippen molar-refractivity contribution in [2.24, 2.45) is 0 Å². The quantitative estimate of drug-likeness (QED) is 0.652. The van der Waals surface area contributed by atoms with Gasteiger partial charge < -0.3 is 10.1 Å². The predicted octanol–water partition coefficient (Wildman–Crippen LogP) is 2.60. The molecule has 2 heterocycles. The molecule has 3 amide bonds. The third kappa shape index (κ3) is 3.32. The predicted molar refractivity (Wildman–Crippen MR) is 103 cm³/mol. The molecule has 1 aromatic heterocycles. The number of carbonyl (C=O) groups is 3. The molecule has 0 radical (unpaired) electrons. The van der Waals surface area contributed by atoms with E-state index < -0.39 is 24.0 Å². The molecule has 0 unspecified atom stereocenters. The molecule has 28 heavy (non-hydrogen) atoms. The summed E-state index contributed by atoms with van der Waals surface area (Å²) in [6.45, 7) is 2.20. The molecule has 146 valence electrons. The van der Waals surface area contributed by atoms with E-state index in [4.69, 9.17) is 9.72 Å². The topological polar surface area (TPSA) is 88.6 Å². The first-order chi connectivity index (χ1) is 13.6. The summed E-state index contributed by atoms with van der Waals surface area (Å²) in [5.41, 5.74) is 3.14. The molecular formula is C21H23N3O4. The van der Waals surface area contributed by atoms with Gasteiger partial charge in [-0.05, 0) is 44.2 Å². The lowest BCUT2D eigenvalue weighted by atomic mass is 9.97. The number of pyridine rings is 1. The first kappa shape index (κ1) is 18.4. The largest absolute Gasteiger partial charge is 0.449 e. The van der Waals surface area contributed by atoms with Crippen LogP contribution in [-0.2, 0) is 22.4 Å². The Bertz CT molecular complexity index is 956. The second-order valence-corrected chi connectivity index (χ2v) is 7.26. The highest BCUT2D eigenvalue weighted by atomic mass is 16.5. The smallest absolute Gasteiger partial charge is 0.339 e. The molecule has 7 heteroatoms. The van der Waals surface area contributed by atoms with E-state index in [-0.39, 0.29) is 6.54 Å². The third-order valence-corrected chi connectivity index (χ3v) is 5.38. The Labute approximate surface area is 163 Å². The van der Waals surface area contributed by atoms with Gasteiger partial charge >= 0.3 is 12.0 Å². The number of amides is 3. The molecule has 1 N–H and O–H groups in total. The number of hydrogen-bond donors (Lipinski definition) is 1. The van der Waals surface area contributed by atoms with E-state index >= 15 is 0 Å². The van der Waals surface area contributed by atoms with E-state index in [1.54, 1.807) is 0 Å². The zero-order valence-corrected chi connectivity index (χ0v) is 15.9. The van der Waals surface area contributed by atoms with E-state index in [0.717, 1.165) is 59.2 Å². The molecular weight excluding hydrogens is 358 g/mol. The molecule has 1 aliphatic carbocycles. The van der Waals surface area contributed by atoms with Gasteiger partial charge in [0.2, 0.25) is 0 Å². The molecule has 2 aromatic rings. The highest BCUT2D eigenvalue weighted by molar-refractivity contribution is 6.06. The van der Waals surface area contributed by atoms with Crippen LogP contribution in [0.3, 0.4) is 0 Å². The van der Waals surface area contributed by atoms with Crippen molar-refractivity contribution in [2.45, 2.75) is 45.1 Å². The number of esters is 1. The van der Waals surface area contributed by atoms with Crippen LogP contribution in [-0.4, -0.2) is 47.0 Å². The number of nitrogens with zero attached hydrogens (tertiary/aromatic N) is 2. The molecule has 0 bridgehead atoms. The van der Waals surface area contributed by atoms with Gasteiger partial charge in [0, 0.05) is 24.2 Å². The zero-order valence-electron chi connectivity index (χ0n) is 15.9. The molecule has 2 aliphatic rings. The molecule has 1 saturated heterocycles. The van der Waals surface area contributed by atoms with Crippen LogP contribution < -0.4 is 5.32 Å². The molecule has 1 aliphatic heterocycles. The average molecular weight is 381 g/mol. The maximum absolute atomic E-state index is 13.1. The van der Waals surface area contributed by atoms with Gasteiger partial charge in [0.25, 0.3) is 5.91 Å². The number of ether oxygens (including phenoxy) is 1. The van der Waals surface area contributed by atoms with Crippen molar-refractivity contribution in [3.63, 3.8) is 0 Å². The van der Waals surface area contributed by atoms with Gasteiger partial charge in [-0.1, -0.05) is 24.6 Å². The van der Waals surface area contributed by atoms with E-state index in [9.17, 15) is 14.4 Å². The molecule has 0 spiro atoms. The van der Waals surface area contributed by atoms with Gasteiger partial charge in [0.1, 0.15) is 0 Å². The van der Waals surface area contributed by atoms with E-state index in [1.165, 1.54) is 6.92 Å². The lowest BCUT2D eigenvalue weighted by Crippen LogP contribution is -2.41. The number of nitrogens with one attached hydrogen (secondary N) is 1. The second kappa shape index (κ2) is 7.58. The summed E-state index contributed by atoms with van der Waals surface area (Å²) in [5.74, 6) is -1.04. The second-order valence-electron chi connectivity index (χ2n) is 7.26. The Balaban J connectivity index is 1.67. The Kier molecular flexibility index (Phi) is 4.98. The van der Waals surface area contributed by atoms with Gasteiger partial charge in [-0.2, -0.15) is 0 Å². The van der Waals surface area contributed by atoms with Crippen molar-refractivity contribution in [1.82, 2.24) is 15.2 Å². The highest BCUT2D eigenvalue weighted by Crippen LogP contribution is 2.29. The summed E-state index contributed by atoms with van der Waals surface area (Å²) in [5, 5.41) is 3.32. The summed E-state index contributed by atoms with van der Waals surface area (Å²) < 4.78 is 5.54. The van der Waals surface area contributed by atoms with E-state index in [0.29, 0.717) is 12.1 Å². The summed E-state index contributed by atoms with van der Waals surface area (Å²) in [6.07, 6.45) is 3.71. The molecule has 1 fully saturated rings. The van der Waals surface area contributed by atoms with Gasteiger partial charge in [-0.15, -0.1) is 0 Å². The first-order valence-corrected chi connectivity index (χ1v) is 9.77. The first-order valence-electron chi connectivity index (χ1n) is 9.77. The van der Waals surface area contributed by atoms with Crippen molar-refractivity contribution in [1.29, 1.82) is 0 Å². The van der Waals surface area contributed by atoms with Crippen molar-refractivity contribution in [3.8, 4) is 0 Å². The van der Waals surface area contributed by atoms with Crippen LogP contribution in [0.4, 0.5) is 4.79 Å². The highest BCUT2D eigenvalue weighted by Gasteiger charge is 2.33. The SMILES string of the molecule is C[C@@H](OC(=O)c1c2c(nc3ccccc13)CCCCC2)C(=O)N1CCNC1=O. The van der Waals surface area contributed by atoms with Crippen LogP contribution >= 0.6 is 0 Å². The minimum Gasteiger partial charge on any atom is -0.449 e. The fourth-order valence-corrected chi connectivity index (χ4v) is 3.95. The number of imide groups is 1. The van der Waals surface area contributed by atoms with Crippen molar-refractivity contribution in [3.05, 3.63) is 41.1 Å². The lowest BCUT2D eigenvalue weighted by molar-refractivity contribution is -0.136. The Morgan fingerprint density at radius 2 is 1.96 bits per heavy atom. The van der Waals surface area contributed by atoms with Crippen LogP contribution in [0.2, 0.25) is 0 Å². The summed E-state index contributed by atoms with van der Waals surface area (Å²) in [6, 6.07) is 7.07. The molecule has 1 atom stereocenters. The number of fused-ring (bicyclic) bond motifs is 2. The Hall–Kier alpha value is -2.96. The van der Waals surface area contributed by atoms with Crippen LogP contribution in [0.5, 0.6) is 0 Å². The van der Waals surface area contributed by atoms with Crippen molar-refractivity contribution >= 4 is 28.8 Å². The number of carbonyl (C=O) groups excluding carboxylic acids is 3. The van der Waals surface area contributed by atoms with E-state index in [2.05, 4.69) is 5.32 Å². The monoisotopic (exact) mass is 381 g/mol. The normalized spacial score (nSPS) is 17.6. The number of para-hydroxylation sites is 1. The maximum Gasteiger partial charge on any atom is 0.339 e. The number of urea groups is 1. The Morgan fingerprint density at radius 1 is 1.18 bits per heavy atom. The summed E-state index contributed by atoms with van der Waals surface area (Å²) in [4.78, 5) is 43.2. The molecule has 0 saturated carbocycles. The minimum absolute atomic E-state index is 0.285. The van der Waals surface area contributed by atoms with Crippen LogP contribution in [0, 0.1) is 0 Å². The third-order valence-electron chi connectivity index (χ3n) is 5.38. The van der Waals surface area contributed by atoms with Gasteiger partial charge in [0.05, 0.1) is 11.1 Å². The fourth-order valence-electron chi connectivity index (χ4n) is 3.95. The molecule has 4 rings (SSSR count). The van der Waals surface area contributed by atoms with Crippen molar-refractivity contribution in [2.75, 3.05) is 13.1 Å². The Morgan fingerprint density at radius 3 is 2.75 bits per heavy atom. The zero-order chi connectivity index (χ0) is 19.7. The van der Waals surface area contributed by atoms with Crippen LogP contribution in [0.15, 0.2) is 24.3 Å². The number of aromatic nitrogens is 1. The molecule has 1 aromatic carbocycles. The van der Waals surface area contributed by atoms with Crippen LogP contribution in [0.1, 0.15) is 47.8 Å². The maximum atomic E-state index is 13.1. The number of rotatable bonds is 3. The number of benzene rings is 1. The number of hydrogen-bond acceptors (Lipinski definition) is 5. The summed E-state index contributed by atoms with van der Waals surface area (Å²) >= 11 is 0. The molecule has 7 nitrogen and oxygen atoms in total. The average Bonchev–Trinajstić information content (AvgIpc) is 2.98. The van der Waals surface area contributed by atoms with Crippen molar-refractivity contribution < 1.29 is 19.1 Å². The fraction of sp³-hybridized carbons (Fsp3) is 0.429. The minimum atomic E-state index is -1.04. The van der Waals surface area contributed by atoms with Gasteiger partial charge in [0.15, 0.2) is 6.10 Å². The standard InChI is InChI=1S/C21H23N3O4/c1-13(19(25)24-12-11-22-21(24)27)28-20(26)18-14-7-3-2-4-9-16(14)23-17-10-6-5-8-15(17)18/h5-6,8,10,13H,2-4,7,9,11-12H2,1H3,(H,22,27)/t13-/m1/s1. The van der Waals surface area contributed by atoms with Gasteiger partial charge in [-0.3, -0.25) is 14.7 Å². The summed E-state index contributed by atoms with van der Waals surface area (Å²) in [7, 11) is 0. The lowest BCUT2D eigenvalue weighted by Gasteiger charge is -2.20. The van der Waals surface area contributed by atoms with E-state index in [1.807, 2.05) is 24.3 Å². The number of aryl methyl sites for hydroxylation is 1.